The number of rotatable bonds is 3. The topological polar surface area (TPSA) is 85.0 Å². The summed E-state index contributed by atoms with van der Waals surface area (Å²) in [6.45, 7) is 3.29. The Morgan fingerprint density at radius 2 is 2.11 bits per heavy atom. The molecule has 1 amide bonds. The number of aliphatic hydroxyl groups excluding tert-OH is 1. The van der Waals surface area contributed by atoms with Gasteiger partial charge in [0.1, 0.15) is 6.10 Å². The Bertz CT molecular complexity index is 300. The molecule has 0 saturated carbocycles. The molecule has 104 valence electrons. The SMILES string of the molecule is CC1CN(C(=O)C2CCC(CN)O2)CC(CO)O1. The third-order valence-corrected chi connectivity index (χ3v) is 3.49. The summed E-state index contributed by atoms with van der Waals surface area (Å²) in [4.78, 5) is 14.0. The van der Waals surface area contributed by atoms with Crippen molar-refractivity contribution in [2.24, 2.45) is 5.73 Å². The maximum absolute atomic E-state index is 12.3. The summed E-state index contributed by atoms with van der Waals surface area (Å²) < 4.78 is 11.1. The van der Waals surface area contributed by atoms with Crippen LogP contribution in [0.1, 0.15) is 19.8 Å². The van der Waals surface area contributed by atoms with Crippen molar-refractivity contribution in [3.05, 3.63) is 0 Å². The third-order valence-electron chi connectivity index (χ3n) is 3.49. The molecule has 2 aliphatic heterocycles. The van der Waals surface area contributed by atoms with Crippen molar-refractivity contribution < 1.29 is 19.4 Å². The van der Waals surface area contributed by atoms with Gasteiger partial charge in [0.05, 0.1) is 24.9 Å². The molecular formula is C12H22N2O4. The van der Waals surface area contributed by atoms with E-state index < -0.39 is 0 Å². The molecule has 0 spiro atoms. The van der Waals surface area contributed by atoms with E-state index >= 15 is 0 Å². The molecule has 4 unspecified atom stereocenters. The number of amides is 1. The maximum Gasteiger partial charge on any atom is 0.251 e. The van der Waals surface area contributed by atoms with Gasteiger partial charge in [-0.1, -0.05) is 0 Å². The number of hydrogen-bond donors (Lipinski definition) is 2. The zero-order valence-corrected chi connectivity index (χ0v) is 10.7. The van der Waals surface area contributed by atoms with Gasteiger partial charge in [-0.15, -0.1) is 0 Å². The van der Waals surface area contributed by atoms with E-state index in [-0.39, 0.29) is 36.9 Å². The van der Waals surface area contributed by atoms with Crippen LogP contribution in [-0.2, 0) is 14.3 Å². The van der Waals surface area contributed by atoms with Gasteiger partial charge in [-0.25, -0.2) is 0 Å². The highest BCUT2D eigenvalue weighted by atomic mass is 16.5. The van der Waals surface area contributed by atoms with Crippen LogP contribution in [0, 0.1) is 0 Å². The fourth-order valence-electron chi connectivity index (χ4n) is 2.59. The molecule has 0 radical (unpaired) electrons. The molecule has 2 fully saturated rings. The standard InChI is InChI=1S/C12H22N2O4/c1-8-5-14(6-10(7-15)17-8)12(16)11-3-2-9(4-13)18-11/h8-11,15H,2-7,13H2,1H3. The second-order valence-corrected chi connectivity index (χ2v) is 5.05. The number of hydrogen-bond acceptors (Lipinski definition) is 5. The Morgan fingerprint density at radius 3 is 2.72 bits per heavy atom. The van der Waals surface area contributed by atoms with Crippen molar-refractivity contribution in [2.45, 2.75) is 44.2 Å². The van der Waals surface area contributed by atoms with Crippen molar-refractivity contribution in [3.63, 3.8) is 0 Å². The lowest BCUT2D eigenvalue weighted by Gasteiger charge is -2.37. The number of nitrogens with zero attached hydrogens (tertiary/aromatic N) is 1. The van der Waals surface area contributed by atoms with E-state index in [1.165, 1.54) is 0 Å². The molecule has 0 bridgehead atoms. The first-order chi connectivity index (χ1) is 8.63. The number of ether oxygens (including phenoxy) is 2. The summed E-state index contributed by atoms with van der Waals surface area (Å²) >= 11 is 0. The molecule has 2 aliphatic rings. The second kappa shape index (κ2) is 5.97. The molecule has 2 rings (SSSR count). The van der Waals surface area contributed by atoms with E-state index in [0.29, 0.717) is 19.6 Å². The van der Waals surface area contributed by atoms with Gasteiger partial charge in [0.15, 0.2) is 0 Å². The second-order valence-electron chi connectivity index (χ2n) is 5.05. The Labute approximate surface area is 107 Å². The van der Waals surface area contributed by atoms with Crippen molar-refractivity contribution >= 4 is 5.91 Å². The van der Waals surface area contributed by atoms with Gasteiger partial charge in [0.2, 0.25) is 0 Å². The van der Waals surface area contributed by atoms with Crippen LogP contribution < -0.4 is 5.73 Å². The lowest BCUT2D eigenvalue weighted by molar-refractivity contribution is -0.157. The largest absolute Gasteiger partial charge is 0.394 e. The normalized spacial score (nSPS) is 36.9. The summed E-state index contributed by atoms with van der Waals surface area (Å²) in [5, 5.41) is 9.14. The van der Waals surface area contributed by atoms with Gasteiger partial charge < -0.3 is 25.2 Å². The zero-order valence-electron chi connectivity index (χ0n) is 10.7. The van der Waals surface area contributed by atoms with Crippen LogP contribution in [0.2, 0.25) is 0 Å². The Kier molecular flexibility index (Phi) is 4.55. The molecule has 3 N–H and O–H groups in total. The van der Waals surface area contributed by atoms with Crippen molar-refractivity contribution in [1.29, 1.82) is 0 Å². The number of morpholine rings is 1. The number of carbonyl (C=O) groups is 1. The van der Waals surface area contributed by atoms with Gasteiger partial charge >= 0.3 is 0 Å². The minimum atomic E-state index is -0.372. The van der Waals surface area contributed by atoms with Crippen molar-refractivity contribution in [2.75, 3.05) is 26.2 Å². The average Bonchev–Trinajstić information content (AvgIpc) is 2.85. The van der Waals surface area contributed by atoms with Gasteiger partial charge in [0.25, 0.3) is 5.91 Å². The lowest BCUT2D eigenvalue weighted by Crippen LogP contribution is -2.53. The van der Waals surface area contributed by atoms with Gasteiger partial charge in [0, 0.05) is 19.6 Å². The van der Waals surface area contributed by atoms with E-state index in [1.807, 2.05) is 6.92 Å². The molecular weight excluding hydrogens is 236 g/mol. The summed E-state index contributed by atoms with van der Waals surface area (Å²) in [6, 6.07) is 0. The number of nitrogens with two attached hydrogens (primary N) is 1. The van der Waals surface area contributed by atoms with E-state index in [4.69, 9.17) is 20.3 Å². The van der Waals surface area contributed by atoms with Crippen LogP contribution in [0.5, 0.6) is 0 Å². The lowest BCUT2D eigenvalue weighted by atomic mass is 10.1. The molecule has 6 nitrogen and oxygen atoms in total. The zero-order chi connectivity index (χ0) is 13.1. The van der Waals surface area contributed by atoms with Crippen LogP contribution in [0.25, 0.3) is 0 Å². The first kappa shape index (κ1) is 13.7. The first-order valence-corrected chi connectivity index (χ1v) is 6.54. The van der Waals surface area contributed by atoms with E-state index in [9.17, 15) is 4.79 Å². The van der Waals surface area contributed by atoms with Gasteiger partial charge in [-0.05, 0) is 19.8 Å². The van der Waals surface area contributed by atoms with Gasteiger partial charge in [-0.2, -0.15) is 0 Å². The van der Waals surface area contributed by atoms with Crippen LogP contribution in [0.15, 0.2) is 0 Å². The minimum Gasteiger partial charge on any atom is -0.394 e. The van der Waals surface area contributed by atoms with Crippen molar-refractivity contribution in [1.82, 2.24) is 4.90 Å². The summed E-state index contributed by atoms with van der Waals surface area (Å²) in [5.41, 5.74) is 5.54. The first-order valence-electron chi connectivity index (χ1n) is 6.54. The quantitative estimate of drug-likeness (QED) is 0.685. The van der Waals surface area contributed by atoms with Crippen LogP contribution in [0.4, 0.5) is 0 Å². The van der Waals surface area contributed by atoms with E-state index in [1.54, 1.807) is 4.90 Å². The predicted molar refractivity (Wildman–Crippen MR) is 65.0 cm³/mol. The summed E-state index contributed by atoms with van der Waals surface area (Å²) in [5.74, 6) is -0.000417. The highest BCUT2D eigenvalue weighted by Gasteiger charge is 2.36. The fraction of sp³-hybridized carbons (Fsp3) is 0.917. The highest BCUT2D eigenvalue weighted by Crippen LogP contribution is 2.22. The molecule has 0 aromatic rings. The predicted octanol–water partition coefficient (Wildman–Crippen LogP) is -0.899. The number of carbonyl (C=O) groups excluding carboxylic acids is 1. The van der Waals surface area contributed by atoms with E-state index in [2.05, 4.69) is 0 Å². The van der Waals surface area contributed by atoms with Crippen LogP contribution >= 0.6 is 0 Å². The molecule has 6 heteroatoms. The Morgan fingerprint density at radius 1 is 1.33 bits per heavy atom. The molecule has 2 heterocycles. The summed E-state index contributed by atoms with van der Waals surface area (Å²) in [7, 11) is 0. The minimum absolute atomic E-state index is 0.000417. The Hall–Kier alpha value is -0.690. The smallest absolute Gasteiger partial charge is 0.251 e. The molecule has 2 saturated heterocycles. The molecule has 0 aliphatic carbocycles. The highest BCUT2D eigenvalue weighted by molar-refractivity contribution is 5.81. The van der Waals surface area contributed by atoms with Crippen LogP contribution in [-0.4, -0.2) is 66.6 Å². The van der Waals surface area contributed by atoms with E-state index in [0.717, 1.165) is 12.8 Å². The maximum atomic E-state index is 12.3. The molecule has 4 atom stereocenters. The monoisotopic (exact) mass is 258 g/mol. The van der Waals surface area contributed by atoms with Crippen LogP contribution in [0.3, 0.4) is 0 Å². The molecule has 0 aromatic heterocycles. The van der Waals surface area contributed by atoms with Gasteiger partial charge in [-0.3, -0.25) is 4.79 Å². The van der Waals surface area contributed by atoms with Crippen molar-refractivity contribution in [3.8, 4) is 0 Å². The Balaban J connectivity index is 1.92. The summed E-state index contributed by atoms with van der Waals surface area (Å²) in [6.07, 6.45) is 0.872. The molecule has 0 aromatic carbocycles. The third kappa shape index (κ3) is 3.00. The number of aliphatic hydroxyl groups is 1. The fourth-order valence-corrected chi connectivity index (χ4v) is 2.59. The molecule has 18 heavy (non-hydrogen) atoms. The average molecular weight is 258 g/mol.